The molecule has 9 rings (SSSR count). The van der Waals surface area contributed by atoms with Gasteiger partial charge < -0.3 is 10.1 Å². The molecule has 7 aromatic rings. The van der Waals surface area contributed by atoms with Crippen molar-refractivity contribution in [3.63, 3.8) is 0 Å². The Morgan fingerprint density at radius 1 is 0.606 bits per heavy atom. The van der Waals surface area contributed by atoms with Crippen LogP contribution in [0.25, 0.3) is 5.57 Å². The number of ether oxygens (including phenoxy) is 1. The molecule has 2 aliphatic rings. The summed E-state index contributed by atoms with van der Waals surface area (Å²) in [7, 11) is 1.44. The zero-order chi connectivity index (χ0) is 48.9. The minimum absolute atomic E-state index is 0.00123. The molecule has 0 spiro atoms. The van der Waals surface area contributed by atoms with Crippen molar-refractivity contribution in [2.24, 2.45) is 0 Å². The summed E-state index contributed by atoms with van der Waals surface area (Å²) in [4.78, 5) is 32.6. The molecule has 1 N–H and O–H groups in total. The summed E-state index contributed by atoms with van der Waals surface area (Å²) in [6.45, 7) is 2.94. The molecule has 2 bridgehead atoms. The van der Waals surface area contributed by atoms with Gasteiger partial charge in [0.2, 0.25) is 5.91 Å². The van der Waals surface area contributed by atoms with Gasteiger partial charge in [-0.25, -0.2) is 9.18 Å². The predicted octanol–water partition coefficient (Wildman–Crippen LogP) is 12.2. The topological polar surface area (TPSA) is 61.9 Å². The van der Waals surface area contributed by atoms with Gasteiger partial charge in [0.1, 0.15) is 5.82 Å². The number of hydrogen-bond donors (Lipinski definition) is 1. The van der Waals surface area contributed by atoms with Crippen LogP contribution < -0.4 is 5.32 Å². The van der Waals surface area contributed by atoms with Gasteiger partial charge in [-0.3, -0.25) is 14.6 Å². The average Bonchev–Trinajstić information content (AvgIpc) is 3.70. The smallest absolute Gasteiger partial charge is 0.335 e. The molecule has 1 amide bonds. The Morgan fingerprint density at radius 2 is 1.04 bits per heavy atom. The third-order valence-electron chi connectivity index (χ3n) is 14.1. The van der Waals surface area contributed by atoms with Crippen LogP contribution in [0.2, 0.25) is 0 Å². The zero-order valence-electron chi connectivity index (χ0n) is 40.4. The predicted molar refractivity (Wildman–Crippen MR) is 291 cm³/mol. The molecule has 362 valence electrons. The van der Waals surface area contributed by atoms with E-state index in [2.05, 4.69) is 197 Å². The minimum Gasteiger partial charge on any atom is -0.466 e. The molecule has 7 aromatic carbocycles. The second-order valence-electron chi connectivity index (χ2n) is 18.3. The van der Waals surface area contributed by atoms with Crippen molar-refractivity contribution in [2.75, 3.05) is 51.3 Å². The fraction of sp³-hybridized carbons (Fsp3) is 0.258. The second kappa shape index (κ2) is 23.8. The van der Waals surface area contributed by atoms with Crippen LogP contribution in [0.4, 0.5) is 4.39 Å². The number of hydrogen-bond acceptors (Lipinski definition) is 7. The van der Waals surface area contributed by atoms with Crippen molar-refractivity contribution in [3.05, 3.63) is 257 Å². The van der Waals surface area contributed by atoms with Gasteiger partial charge in [0.15, 0.2) is 0 Å². The standard InChI is InChI=1S/C62H62FN3O3S2/c1-69-60(68)59-56(47-33-35-54(63)36-34-47)45-55-37-38-57(59)66(55)41-20-40-65(42-44-71-62(51-27-14-5-15-28-51,52-29-16-6-17-30-52)53-31-18-7-19-32-53)46-58(67)64-39-43-70-61(48-21-8-2-9-22-48,49-23-10-3-11-24-49)50-25-12-4-13-26-50/h2-19,21-36,55,57H,20,37-46H2,1H3,(H,64,67)/t55?,57-/m1/s1. The highest BCUT2D eigenvalue weighted by Gasteiger charge is 2.44. The Balaban J connectivity index is 0.942. The average molecular weight is 980 g/mol. The summed E-state index contributed by atoms with van der Waals surface area (Å²) in [5.41, 5.74) is 9.72. The molecule has 2 aliphatic heterocycles. The van der Waals surface area contributed by atoms with Crippen LogP contribution >= 0.6 is 23.5 Å². The Kier molecular flexibility index (Phi) is 16.7. The third-order valence-corrected chi connectivity index (χ3v) is 17.2. The number of nitrogens with one attached hydrogen (secondary N) is 1. The summed E-state index contributed by atoms with van der Waals surface area (Å²) < 4.78 is 18.4. The fourth-order valence-electron chi connectivity index (χ4n) is 10.9. The Bertz CT molecular complexity index is 2630. The number of carbonyl (C=O) groups is 2. The molecule has 0 saturated carbocycles. The van der Waals surface area contributed by atoms with Gasteiger partial charge in [-0.05, 0) is 88.9 Å². The van der Waals surface area contributed by atoms with Crippen molar-refractivity contribution in [1.29, 1.82) is 0 Å². The van der Waals surface area contributed by atoms with Crippen molar-refractivity contribution in [2.45, 2.75) is 47.3 Å². The molecule has 1 fully saturated rings. The lowest BCUT2D eigenvalue weighted by atomic mass is 9.84. The van der Waals surface area contributed by atoms with E-state index in [1.807, 2.05) is 23.5 Å². The monoisotopic (exact) mass is 979 g/mol. The van der Waals surface area contributed by atoms with Crippen molar-refractivity contribution >= 4 is 41.0 Å². The van der Waals surface area contributed by atoms with Gasteiger partial charge in [0.25, 0.3) is 0 Å². The maximum absolute atomic E-state index is 14.3. The highest BCUT2D eigenvalue weighted by molar-refractivity contribution is 8.00. The molecular formula is C62H62FN3O3S2. The van der Waals surface area contributed by atoms with E-state index in [0.29, 0.717) is 37.4 Å². The minimum atomic E-state index is -0.483. The van der Waals surface area contributed by atoms with Crippen LogP contribution in [0.15, 0.2) is 212 Å². The number of amides is 1. The highest BCUT2D eigenvalue weighted by Crippen LogP contribution is 2.50. The number of carbonyl (C=O) groups excluding carboxylic acids is 2. The number of benzene rings is 7. The number of esters is 1. The maximum Gasteiger partial charge on any atom is 0.335 e. The first-order valence-electron chi connectivity index (χ1n) is 24.8. The fourth-order valence-corrected chi connectivity index (χ4v) is 13.9. The first kappa shape index (κ1) is 49.7. The molecule has 1 saturated heterocycles. The van der Waals surface area contributed by atoms with Crippen LogP contribution in [0, 0.1) is 5.82 Å². The van der Waals surface area contributed by atoms with Crippen molar-refractivity contribution < 1.29 is 18.7 Å². The van der Waals surface area contributed by atoms with Gasteiger partial charge in [-0.15, -0.1) is 23.5 Å². The lowest BCUT2D eigenvalue weighted by molar-refractivity contribution is -0.137. The molecule has 2 atom stereocenters. The van der Waals surface area contributed by atoms with E-state index in [9.17, 15) is 14.0 Å². The van der Waals surface area contributed by atoms with Crippen molar-refractivity contribution in [3.8, 4) is 0 Å². The number of halogens is 1. The molecule has 1 unspecified atom stereocenters. The molecule has 9 heteroatoms. The van der Waals surface area contributed by atoms with E-state index in [4.69, 9.17) is 4.74 Å². The van der Waals surface area contributed by atoms with E-state index < -0.39 is 9.49 Å². The van der Waals surface area contributed by atoms with Crippen LogP contribution in [0.3, 0.4) is 0 Å². The molecule has 71 heavy (non-hydrogen) atoms. The Hall–Kier alpha value is -6.23. The van der Waals surface area contributed by atoms with E-state index in [0.717, 1.165) is 42.7 Å². The largest absolute Gasteiger partial charge is 0.466 e. The maximum atomic E-state index is 14.3. The second-order valence-corrected chi connectivity index (χ2v) is 20.9. The first-order chi connectivity index (χ1) is 34.9. The number of methoxy groups -OCH3 is 1. The van der Waals surface area contributed by atoms with E-state index in [1.54, 1.807) is 12.1 Å². The lowest BCUT2D eigenvalue weighted by Crippen LogP contribution is -2.45. The highest BCUT2D eigenvalue weighted by atomic mass is 32.2. The summed E-state index contributed by atoms with van der Waals surface area (Å²) in [6.07, 6.45) is 3.35. The van der Waals surface area contributed by atoms with Gasteiger partial charge in [-0.1, -0.05) is 194 Å². The Labute approximate surface area is 427 Å². The molecular weight excluding hydrogens is 918 g/mol. The first-order valence-corrected chi connectivity index (χ1v) is 26.8. The zero-order valence-corrected chi connectivity index (χ0v) is 42.0. The molecule has 2 heterocycles. The van der Waals surface area contributed by atoms with Crippen LogP contribution in [0.5, 0.6) is 0 Å². The van der Waals surface area contributed by atoms with Crippen LogP contribution in [-0.2, 0) is 23.8 Å². The summed E-state index contributed by atoms with van der Waals surface area (Å²) in [5, 5.41) is 3.34. The lowest BCUT2D eigenvalue weighted by Gasteiger charge is -2.38. The SMILES string of the molecule is COC(=O)C1=C(c2ccc(F)cc2)CC2CC[C@H]1N2CCCN(CCSC(c1ccccc1)(c1ccccc1)c1ccccc1)CC(=O)NCCSC(c1ccccc1)(c1ccccc1)c1ccccc1. The summed E-state index contributed by atoms with van der Waals surface area (Å²) in [5.74, 6) is 0.841. The number of nitrogens with zero attached hydrogens (tertiary/aromatic N) is 2. The number of rotatable bonds is 22. The van der Waals surface area contributed by atoms with E-state index in [-0.39, 0.29) is 36.3 Å². The van der Waals surface area contributed by atoms with Crippen LogP contribution in [-0.4, -0.2) is 85.1 Å². The molecule has 6 nitrogen and oxygen atoms in total. The normalized spacial score (nSPS) is 16.0. The Morgan fingerprint density at radius 3 is 1.48 bits per heavy atom. The van der Waals surface area contributed by atoms with Gasteiger partial charge in [-0.2, -0.15) is 0 Å². The van der Waals surface area contributed by atoms with Gasteiger partial charge >= 0.3 is 5.97 Å². The van der Waals surface area contributed by atoms with Gasteiger partial charge in [0.05, 0.1) is 28.7 Å². The third kappa shape index (κ3) is 11.1. The number of thioether (sulfide) groups is 2. The van der Waals surface area contributed by atoms with Crippen LogP contribution in [0.1, 0.15) is 64.6 Å². The molecule has 0 aliphatic carbocycles. The molecule has 0 aromatic heterocycles. The van der Waals surface area contributed by atoms with E-state index in [1.165, 1.54) is 52.6 Å². The number of fused-ring (bicyclic) bond motifs is 2. The summed E-state index contributed by atoms with van der Waals surface area (Å²) >= 11 is 3.76. The summed E-state index contributed by atoms with van der Waals surface area (Å²) in [6, 6.07) is 70.9. The quantitative estimate of drug-likeness (QED) is 0.0412. The van der Waals surface area contributed by atoms with E-state index >= 15 is 0 Å². The van der Waals surface area contributed by atoms with Gasteiger partial charge in [0, 0.05) is 43.2 Å². The molecule has 0 radical (unpaired) electrons. The van der Waals surface area contributed by atoms with Crippen molar-refractivity contribution in [1.82, 2.24) is 15.1 Å².